The van der Waals surface area contributed by atoms with Crippen LogP contribution in [0.25, 0.3) is 16.2 Å². The molecule has 0 saturated carbocycles. The van der Waals surface area contributed by atoms with Gasteiger partial charge >= 0.3 is 0 Å². The fraction of sp³-hybridized carbons (Fsp3) is 0. The standard InChI is InChI=1S/C17H11BrFNO3S2/c18-15-9-12(19)5-6-14(15)17(21)20-25(22,23)8-7-11-10-24-16-4-2-1-3-13(11)16/h1-10H,(H,20,21)/b8-7+. The zero-order valence-electron chi connectivity index (χ0n) is 12.6. The predicted octanol–water partition coefficient (Wildman–Crippen LogP) is 4.53. The molecule has 3 rings (SSSR count). The summed E-state index contributed by atoms with van der Waals surface area (Å²) in [5.41, 5.74) is 0.778. The Morgan fingerprint density at radius 1 is 1.20 bits per heavy atom. The fourth-order valence-electron chi connectivity index (χ4n) is 2.18. The number of amides is 1. The second-order valence-corrected chi connectivity index (χ2v) is 8.42. The van der Waals surface area contributed by atoms with Crippen LogP contribution in [0.5, 0.6) is 0 Å². The van der Waals surface area contributed by atoms with Gasteiger partial charge in [-0.05, 0) is 62.6 Å². The van der Waals surface area contributed by atoms with E-state index in [1.807, 2.05) is 34.4 Å². The number of nitrogens with one attached hydrogen (secondary N) is 1. The second-order valence-electron chi connectivity index (χ2n) is 5.09. The molecule has 0 saturated heterocycles. The number of benzene rings is 2. The van der Waals surface area contributed by atoms with Crippen molar-refractivity contribution < 1.29 is 17.6 Å². The van der Waals surface area contributed by atoms with Crippen LogP contribution in [-0.2, 0) is 10.0 Å². The van der Waals surface area contributed by atoms with Crippen molar-refractivity contribution in [3.05, 3.63) is 74.7 Å². The van der Waals surface area contributed by atoms with Gasteiger partial charge in [0.05, 0.1) is 11.0 Å². The highest BCUT2D eigenvalue weighted by Gasteiger charge is 2.16. The first-order valence-corrected chi connectivity index (χ1v) is 10.2. The van der Waals surface area contributed by atoms with Crippen molar-refractivity contribution in [1.82, 2.24) is 4.72 Å². The highest BCUT2D eigenvalue weighted by Crippen LogP contribution is 2.26. The number of hydrogen-bond donors (Lipinski definition) is 1. The highest BCUT2D eigenvalue weighted by atomic mass is 79.9. The summed E-state index contributed by atoms with van der Waals surface area (Å²) < 4.78 is 40.5. The van der Waals surface area contributed by atoms with Gasteiger partial charge in [0, 0.05) is 9.17 Å². The number of hydrogen-bond acceptors (Lipinski definition) is 4. The molecule has 128 valence electrons. The Morgan fingerprint density at radius 2 is 1.96 bits per heavy atom. The summed E-state index contributed by atoms with van der Waals surface area (Å²) in [4.78, 5) is 12.1. The molecule has 4 nitrogen and oxygen atoms in total. The molecule has 0 aliphatic rings. The van der Waals surface area contributed by atoms with Gasteiger partial charge < -0.3 is 0 Å². The van der Waals surface area contributed by atoms with Crippen LogP contribution in [0, 0.1) is 5.82 Å². The molecular weight excluding hydrogens is 429 g/mol. The number of sulfonamides is 1. The normalized spacial score (nSPS) is 11.9. The molecule has 1 N–H and O–H groups in total. The minimum Gasteiger partial charge on any atom is -0.268 e. The van der Waals surface area contributed by atoms with Crippen molar-refractivity contribution in [2.24, 2.45) is 0 Å². The largest absolute Gasteiger partial charge is 0.268 e. The van der Waals surface area contributed by atoms with E-state index in [0.29, 0.717) is 0 Å². The summed E-state index contributed by atoms with van der Waals surface area (Å²) in [6, 6.07) is 11.0. The van der Waals surface area contributed by atoms with Crippen molar-refractivity contribution in [3.63, 3.8) is 0 Å². The van der Waals surface area contributed by atoms with Crippen LogP contribution in [-0.4, -0.2) is 14.3 Å². The molecule has 1 heterocycles. The van der Waals surface area contributed by atoms with Crippen molar-refractivity contribution in [2.75, 3.05) is 0 Å². The number of carbonyl (C=O) groups is 1. The van der Waals surface area contributed by atoms with Gasteiger partial charge in [-0.2, -0.15) is 0 Å². The lowest BCUT2D eigenvalue weighted by Gasteiger charge is -2.05. The van der Waals surface area contributed by atoms with E-state index < -0.39 is 21.7 Å². The molecule has 25 heavy (non-hydrogen) atoms. The van der Waals surface area contributed by atoms with E-state index >= 15 is 0 Å². The summed E-state index contributed by atoms with van der Waals surface area (Å²) in [6.07, 6.45) is 1.44. The number of halogens is 2. The molecular formula is C17H11BrFNO3S2. The number of thiophene rings is 1. The highest BCUT2D eigenvalue weighted by molar-refractivity contribution is 9.10. The molecule has 1 amide bonds. The van der Waals surface area contributed by atoms with E-state index in [0.717, 1.165) is 33.2 Å². The van der Waals surface area contributed by atoms with Gasteiger partial charge in [0.15, 0.2) is 0 Å². The monoisotopic (exact) mass is 439 g/mol. The van der Waals surface area contributed by atoms with Crippen LogP contribution in [0.15, 0.2) is 57.7 Å². The lowest BCUT2D eigenvalue weighted by molar-refractivity contribution is 0.0981. The van der Waals surface area contributed by atoms with E-state index in [2.05, 4.69) is 15.9 Å². The molecule has 0 unspecified atom stereocenters. The Bertz CT molecular complexity index is 1090. The smallest absolute Gasteiger partial charge is 0.266 e. The molecule has 0 aliphatic heterocycles. The van der Waals surface area contributed by atoms with E-state index in [1.165, 1.54) is 23.5 Å². The Hall–Kier alpha value is -2.03. The Balaban J connectivity index is 1.81. The molecule has 0 bridgehead atoms. The SMILES string of the molecule is O=C(NS(=O)(=O)/C=C/c1csc2ccccc12)c1ccc(F)cc1Br. The molecule has 0 aliphatic carbocycles. The van der Waals surface area contributed by atoms with Crippen LogP contribution in [0.2, 0.25) is 0 Å². The molecule has 0 spiro atoms. The summed E-state index contributed by atoms with van der Waals surface area (Å²) >= 11 is 4.54. The van der Waals surface area contributed by atoms with Gasteiger partial charge in [0.25, 0.3) is 15.9 Å². The summed E-state index contributed by atoms with van der Waals surface area (Å²) in [5.74, 6) is -1.37. The third-order valence-corrected chi connectivity index (χ3v) is 5.95. The number of fused-ring (bicyclic) bond motifs is 1. The average Bonchev–Trinajstić information content (AvgIpc) is 2.95. The van der Waals surface area contributed by atoms with Crippen LogP contribution < -0.4 is 4.72 Å². The summed E-state index contributed by atoms with van der Waals surface area (Å²) in [5, 5.41) is 3.72. The first kappa shape index (κ1) is 17.8. The maximum Gasteiger partial charge on any atom is 0.266 e. The average molecular weight is 440 g/mol. The number of carbonyl (C=O) groups excluding carboxylic acids is 1. The van der Waals surface area contributed by atoms with E-state index in [4.69, 9.17) is 0 Å². The van der Waals surface area contributed by atoms with Gasteiger partial charge in [0.1, 0.15) is 5.82 Å². The molecule has 0 radical (unpaired) electrons. The lowest BCUT2D eigenvalue weighted by atomic mass is 10.2. The summed E-state index contributed by atoms with van der Waals surface area (Å²) in [7, 11) is -3.99. The number of rotatable bonds is 4. The lowest BCUT2D eigenvalue weighted by Crippen LogP contribution is -2.29. The molecule has 1 aromatic heterocycles. The van der Waals surface area contributed by atoms with Crippen molar-refractivity contribution in [1.29, 1.82) is 0 Å². The van der Waals surface area contributed by atoms with Crippen LogP contribution >= 0.6 is 27.3 Å². The zero-order chi connectivity index (χ0) is 18.0. The predicted molar refractivity (Wildman–Crippen MR) is 101 cm³/mol. The van der Waals surface area contributed by atoms with Gasteiger partial charge in [-0.1, -0.05) is 18.2 Å². The third kappa shape index (κ3) is 4.15. The second kappa shape index (κ2) is 7.07. The first-order valence-electron chi connectivity index (χ1n) is 7.02. The fourth-order valence-corrected chi connectivity index (χ4v) is 4.40. The van der Waals surface area contributed by atoms with Crippen molar-refractivity contribution in [3.8, 4) is 0 Å². The molecule has 0 fully saturated rings. The van der Waals surface area contributed by atoms with E-state index in [9.17, 15) is 17.6 Å². The first-order chi connectivity index (χ1) is 11.9. The summed E-state index contributed by atoms with van der Waals surface area (Å²) in [6.45, 7) is 0. The van der Waals surface area contributed by atoms with E-state index in [1.54, 1.807) is 0 Å². The van der Waals surface area contributed by atoms with Crippen LogP contribution in [0.1, 0.15) is 15.9 Å². The minimum atomic E-state index is -3.99. The van der Waals surface area contributed by atoms with Gasteiger partial charge in [-0.3, -0.25) is 4.79 Å². The van der Waals surface area contributed by atoms with Gasteiger partial charge in [-0.15, -0.1) is 11.3 Å². The van der Waals surface area contributed by atoms with Gasteiger partial charge in [0.2, 0.25) is 0 Å². The Kier molecular flexibility index (Phi) is 5.03. The zero-order valence-corrected chi connectivity index (χ0v) is 15.8. The Morgan fingerprint density at radius 3 is 2.72 bits per heavy atom. The third-order valence-electron chi connectivity index (χ3n) is 3.35. The quantitative estimate of drug-likeness (QED) is 0.649. The maximum absolute atomic E-state index is 13.1. The van der Waals surface area contributed by atoms with Crippen molar-refractivity contribution >= 4 is 59.4 Å². The molecule has 3 aromatic rings. The maximum atomic E-state index is 13.1. The van der Waals surface area contributed by atoms with Crippen LogP contribution in [0.4, 0.5) is 4.39 Å². The van der Waals surface area contributed by atoms with E-state index in [-0.39, 0.29) is 10.0 Å². The van der Waals surface area contributed by atoms with Crippen LogP contribution in [0.3, 0.4) is 0 Å². The molecule has 8 heteroatoms. The van der Waals surface area contributed by atoms with Crippen molar-refractivity contribution in [2.45, 2.75) is 0 Å². The minimum absolute atomic E-state index is 0.0272. The van der Waals surface area contributed by atoms with Gasteiger partial charge in [-0.25, -0.2) is 17.5 Å². The molecule has 2 aromatic carbocycles. The topological polar surface area (TPSA) is 63.2 Å². The Labute approximate surface area is 156 Å². The molecule has 0 atom stereocenters.